The molecule has 0 fully saturated rings. The van der Waals surface area contributed by atoms with Crippen LogP contribution in [-0.4, -0.2) is 33.9 Å². The standard InChI is InChI=1S/C18H25N3O3/c1-14-7-4-5-8-16(14)24-10-6-9-17(22)19-13-18(2,23)15-11-20-21(3)12-15/h4-5,7-8,11-12,23H,6,9-10,13H2,1-3H3,(H,19,22). The summed E-state index contributed by atoms with van der Waals surface area (Å²) in [6.45, 7) is 4.28. The average molecular weight is 331 g/mol. The van der Waals surface area contributed by atoms with Crippen molar-refractivity contribution in [3.05, 3.63) is 47.8 Å². The zero-order valence-corrected chi connectivity index (χ0v) is 14.5. The number of nitrogens with one attached hydrogen (secondary N) is 1. The smallest absolute Gasteiger partial charge is 0.220 e. The van der Waals surface area contributed by atoms with Gasteiger partial charge in [0.25, 0.3) is 0 Å². The second-order valence-corrected chi connectivity index (χ2v) is 6.17. The Morgan fingerprint density at radius 3 is 2.83 bits per heavy atom. The van der Waals surface area contributed by atoms with E-state index in [0.717, 1.165) is 11.3 Å². The van der Waals surface area contributed by atoms with Gasteiger partial charge in [0.05, 0.1) is 19.3 Å². The minimum atomic E-state index is -1.14. The molecule has 2 rings (SSSR count). The van der Waals surface area contributed by atoms with Crippen LogP contribution in [0.25, 0.3) is 0 Å². The molecule has 1 heterocycles. The second kappa shape index (κ2) is 7.97. The molecule has 1 unspecified atom stereocenters. The maximum atomic E-state index is 11.9. The van der Waals surface area contributed by atoms with Crippen LogP contribution in [0.3, 0.4) is 0 Å². The summed E-state index contributed by atoms with van der Waals surface area (Å²) in [5.41, 5.74) is 0.615. The van der Waals surface area contributed by atoms with Gasteiger partial charge >= 0.3 is 0 Å². The van der Waals surface area contributed by atoms with Gasteiger partial charge in [-0.2, -0.15) is 5.10 Å². The Morgan fingerprint density at radius 2 is 2.17 bits per heavy atom. The molecule has 1 aromatic carbocycles. The van der Waals surface area contributed by atoms with Crippen LogP contribution in [0.1, 0.15) is 30.9 Å². The van der Waals surface area contributed by atoms with E-state index in [9.17, 15) is 9.90 Å². The number of hydrogen-bond acceptors (Lipinski definition) is 4. The molecular formula is C18H25N3O3. The lowest BCUT2D eigenvalue weighted by molar-refractivity contribution is -0.122. The van der Waals surface area contributed by atoms with E-state index < -0.39 is 5.60 Å². The summed E-state index contributed by atoms with van der Waals surface area (Å²) in [5.74, 6) is 0.741. The van der Waals surface area contributed by atoms with Gasteiger partial charge in [-0.3, -0.25) is 9.48 Å². The average Bonchev–Trinajstić information content (AvgIpc) is 2.99. The first-order valence-corrected chi connectivity index (χ1v) is 8.05. The molecule has 2 N–H and O–H groups in total. The summed E-state index contributed by atoms with van der Waals surface area (Å²) in [7, 11) is 1.78. The van der Waals surface area contributed by atoms with Gasteiger partial charge in [0.1, 0.15) is 11.4 Å². The van der Waals surface area contributed by atoms with Gasteiger partial charge < -0.3 is 15.2 Å². The fraction of sp³-hybridized carbons (Fsp3) is 0.444. The Balaban J connectivity index is 1.69. The highest BCUT2D eigenvalue weighted by Crippen LogP contribution is 2.19. The van der Waals surface area contributed by atoms with Crippen molar-refractivity contribution in [1.82, 2.24) is 15.1 Å². The molecule has 130 valence electrons. The lowest BCUT2D eigenvalue weighted by Gasteiger charge is -2.22. The number of benzene rings is 1. The minimum Gasteiger partial charge on any atom is -0.493 e. The predicted octanol–water partition coefficient (Wildman–Crippen LogP) is 1.91. The number of para-hydroxylation sites is 1. The molecular weight excluding hydrogens is 306 g/mol. The summed E-state index contributed by atoms with van der Waals surface area (Å²) >= 11 is 0. The van der Waals surface area contributed by atoms with E-state index >= 15 is 0 Å². The summed E-state index contributed by atoms with van der Waals surface area (Å²) in [6.07, 6.45) is 4.31. The molecule has 1 amide bonds. The highest BCUT2D eigenvalue weighted by Gasteiger charge is 2.25. The molecule has 0 bridgehead atoms. The van der Waals surface area contributed by atoms with E-state index in [1.165, 1.54) is 0 Å². The lowest BCUT2D eigenvalue weighted by atomic mass is 10.00. The van der Waals surface area contributed by atoms with Crippen LogP contribution in [0.2, 0.25) is 0 Å². The summed E-state index contributed by atoms with van der Waals surface area (Å²) in [5, 5.41) is 17.2. The Kier molecular flexibility index (Phi) is 5.98. The monoisotopic (exact) mass is 331 g/mol. The Bertz CT molecular complexity index is 680. The SMILES string of the molecule is Cc1ccccc1OCCCC(=O)NCC(C)(O)c1cnn(C)c1. The largest absolute Gasteiger partial charge is 0.493 e. The van der Waals surface area contributed by atoms with Crippen LogP contribution < -0.4 is 10.1 Å². The first-order valence-electron chi connectivity index (χ1n) is 8.05. The lowest BCUT2D eigenvalue weighted by Crippen LogP contribution is -2.38. The number of amides is 1. The number of ether oxygens (including phenoxy) is 1. The van der Waals surface area contributed by atoms with E-state index in [1.54, 1.807) is 31.0 Å². The number of hydrogen-bond donors (Lipinski definition) is 2. The van der Waals surface area contributed by atoms with Gasteiger partial charge in [-0.25, -0.2) is 0 Å². The number of carbonyl (C=O) groups is 1. The molecule has 6 nitrogen and oxygen atoms in total. The van der Waals surface area contributed by atoms with Crippen molar-refractivity contribution in [3.63, 3.8) is 0 Å². The van der Waals surface area contributed by atoms with E-state index in [1.807, 2.05) is 31.2 Å². The number of aromatic nitrogens is 2. The highest BCUT2D eigenvalue weighted by atomic mass is 16.5. The molecule has 0 aliphatic rings. The second-order valence-electron chi connectivity index (χ2n) is 6.17. The van der Waals surface area contributed by atoms with Crippen LogP contribution in [-0.2, 0) is 17.4 Å². The maximum absolute atomic E-state index is 11.9. The van der Waals surface area contributed by atoms with Crippen molar-refractivity contribution >= 4 is 5.91 Å². The summed E-state index contributed by atoms with van der Waals surface area (Å²) in [6, 6.07) is 7.79. The van der Waals surface area contributed by atoms with Crippen LogP contribution in [0.5, 0.6) is 5.75 Å². The summed E-state index contributed by atoms with van der Waals surface area (Å²) < 4.78 is 7.28. The first-order chi connectivity index (χ1) is 11.4. The van der Waals surface area contributed by atoms with Gasteiger partial charge in [0, 0.05) is 25.2 Å². The third-order valence-corrected chi connectivity index (χ3v) is 3.86. The van der Waals surface area contributed by atoms with Crippen molar-refractivity contribution in [2.45, 2.75) is 32.3 Å². The minimum absolute atomic E-state index is 0.104. The molecule has 1 aromatic heterocycles. The fourth-order valence-corrected chi connectivity index (χ4v) is 2.29. The molecule has 0 saturated heterocycles. The Labute approximate surface area is 142 Å². The third kappa shape index (κ3) is 5.09. The van der Waals surface area contributed by atoms with E-state index in [-0.39, 0.29) is 12.5 Å². The molecule has 0 radical (unpaired) electrons. The van der Waals surface area contributed by atoms with Crippen molar-refractivity contribution in [3.8, 4) is 5.75 Å². The van der Waals surface area contributed by atoms with Crippen LogP contribution in [0, 0.1) is 6.92 Å². The highest BCUT2D eigenvalue weighted by molar-refractivity contribution is 5.75. The van der Waals surface area contributed by atoms with E-state index in [2.05, 4.69) is 10.4 Å². The van der Waals surface area contributed by atoms with E-state index in [0.29, 0.717) is 25.0 Å². The van der Waals surface area contributed by atoms with Crippen LogP contribution >= 0.6 is 0 Å². The van der Waals surface area contributed by atoms with Gasteiger partial charge in [-0.1, -0.05) is 18.2 Å². The number of nitrogens with zero attached hydrogens (tertiary/aromatic N) is 2. The molecule has 6 heteroatoms. The van der Waals surface area contributed by atoms with Gasteiger partial charge in [0.2, 0.25) is 5.91 Å². The maximum Gasteiger partial charge on any atom is 0.220 e. The van der Waals surface area contributed by atoms with Gasteiger partial charge in [-0.05, 0) is 31.9 Å². The normalized spacial score (nSPS) is 13.3. The molecule has 0 saturated carbocycles. The molecule has 0 aliphatic carbocycles. The molecule has 0 spiro atoms. The number of aliphatic hydroxyl groups is 1. The Hall–Kier alpha value is -2.34. The quantitative estimate of drug-likeness (QED) is 0.725. The zero-order chi connectivity index (χ0) is 17.6. The van der Waals surface area contributed by atoms with Crippen LogP contribution in [0.15, 0.2) is 36.7 Å². The first kappa shape index (κ1) is 18.0. The van der Waals surface area contributed by atoms with Gasteiger partial charge in [-0.15, -0.1) is 0 Å². The number of aryl methyl sites for hydroxylation is 2. The molecule has 2 aromatic rings. The van der Waals surface area contributed by atoms with Crippen molar-refractivity contribution in [2.24, 2.45) is 7.05 Å². The van der Waals surface area contributed by atoms with Crippen LogP contribution in [0.4, 0.5) is 0 Å². The molecule has 24 heavy (non-hydrogen) atoms. The number of carbonyl (C=O) groups excluding carboxylic acids is 1. The van der Waals surface area contributed by atoms with E-state index in [4.69, 9.17) is 4.74 Å². The summed E-state index contributed by atoms with van der Waals surface area (Å²) in [4.78, 5) is 11.9. The Morgan fingerprint density at radius 1 is 1.42 bits per heavy atom. The molecule has 1 atom stereocenters. The molecule has 0 aliphatic heterocycles. The zero-order valence-electron chi connectivity index (χ0n) is 14.5. The fourth-order valence-electron chi connectivity index (χ4n) is 2.29. The predicted molar refractivity (Wildman–Crippen MR) is 91.7 cm³/mol. The van der Waals surface area contributed by atoms with Crippen molar-refractivity contribution < 1.29 is 14.6 Å². The topological polar surface area (TPSA) is 76.4 Å². The number of rotatable bonds is 8. The van der Waals surface area contributed by atoms with Crippen molar-refractivity contribution in [2.75, 3.05) is 13.2 Å². The van der Waals surface area contributed by atoms with Crippen molar-refractivity contribution in [1.29, 1.82) is 0 Å². The van der Waals surface area contributed by atoms with Gasteiger partial charge in [0.15, 0.2) is 0 Å². The third-order valence-electron chi connectivity index (χ3n) is 3.86.